The zero-order valence-electron chi connectivity index (χ0n) is 21.3. The normalized spacial score (nSPS) is 13.1. The zero-order chi connectivity index (χ0) is 24.4. The fourth-order valence-corrected chi connectivity index (χ4v) is 4.05. The molecule has 0 spiro atoms. The van der Waals surface area contributed by atoms with E-state index in [4.69, 9.17) is 4.74 Å². The molecule has 5 heteroatoms. The highest BCUT2D eigenvalue weighted by Gasteiger charge is 2.15. The average Bonchev–Trinajstić information content (AvgIpc) is 2.86. The van der Waals surface area contributed by atoms with E-state index in [0.717, 1.165) is 24.8 Å². The second-order valence-electron chi connectivity index (χ2n) is 9.40. The van der Waals surface area contributed by atoms with Gasteiger partial charge in [0, 0.05) is 24.4 Å². The van der Waals surface area contributed by atoms with Crippen LogP contribution in [0.15, 0.2) is 36.7 Å². The molecule has 0 bridgehead atoms. The van der Waals surface area contributed by atoms with Crippen LogP contribution < -0.4 is 4.74 Å². The first-order valence-electron chi connectivity index (χ1n) is 13.4. The fraction of sp³-hybridized carbons (Fsp3) is 0.655. The van der Waals surface area contributed by atoms with Crippen molar-refractivity contribution in [2.45, 2.75) is 116 Å². The molecule has 1 aromatic heterocycles. The van der Waals surface area contributed by atoms with E-state index in [9.17, 15) is 8.78 Å². The molecular weight excluding hydrogens is 430 g/mol. The molecule has 3 nitrogen and oxygen atoms in total. The van der Waals surface area contributed by atoms with E-state index in [1.165, 1.54) is 63.4 Å². The molecule has 1 aromatic carbocycles. The molecule has 0 saturated heterocycles. The Morgan fingerprint density at radius 3 is 1.94 bits per heavy atom. The van der Waals surface area contributed by atoms with Crippen LogP contribution in [-0.4, -0.2) is 28.9 Å². The molecule has 2 atom stereocenters. The lowest BCUT2D eigenvalue weighted by molar-refractivity contribution is 0.146. The first kappa shape index (κ1) is 28.2. The van der Waals surface area contributed by atoms with Crippen LogP contribution >= 0.6 is 0 Å². The Kier molecular flexibility index (Phi) is 14.4. The molecular formula is C29H44F2N2O. The summed E-state index contributed by atoms with van der Waals surface area (Å²) >= 11 is 0. The minimum atomic E-state index is -1.30. The van der Waals surface area contributed by atoms with Crippen molar-refractivity contribution < 1.29 is 13.5 Å². The standard InChI is InChI=1S/C29H44F2N2O/c1-3-5-7-8-9-10-11-12-13-14-24-21-32-29(33-22-24)25-16-18-28(19-17-25)34-23-27(31)20-26(30)15-6-4-2/h16-19,21-22,26-27H,3-15,20,23H2,1-2H3. The first-order valence-corrected chi connectivity index (χ1v) is 13.4. The number of benzene rings is 1. The molecule has 2 aromatic rings. The van der Waals surface area contributed by atoms with Gasteiger partial charge < -0.3 is 4.74 Å². The summed E-state index contributed by atoms with van der Waals surface area (Å²) in [5, 5.41) is 0. The van der Waals surface area contributed by atoms with E-state index < -0.39 is 12.3 Å². The lowest BCUT2D eigenvalue weighted by atomic mass is 10.1. The van der Waals surface area contributed by atoms with Crippen molar-refractivity contribution in [3.8, 4) is 17.1 Å². The van der Waals surface area contributed by atoms with Crippen molar-refractivity contribution >= 4 is 0 Å². The van der Waals surface area contributed by atoms with Crippen molar-refractivity contribution in [3.63, 3.8) is 0 Å². The number of aromatic nitrogens is 2. The highest BCUT2D eigenvalue weighted by Crippen LogP contribution is 2.21. The minimum Gasteiger partial charge on any atom is -0.491 e. The number of unbranched alkanes of at least 4 members (excludes halogenated alkanes) is 9. The fourth-order valence-electron chi connectivity index (χ4n) is 4.05. The van der Waals surface area contributed by atoms with Crippen molar-refractivity contribution in [1.29, 1.82) is 0 Å². The monoisotopic (exact) mass is 474 g/mol. The Bertz CT molecular complexity index is 752. The van der Waals surface area contributed by atoms with Gasteiger partial charge in [0.25, 0.3) is 0 Å². The van der Waals surface area contributed by atoms with Gasteiger partial charge in [-0.3, -0.25) is 0 Å². The molecule has 34 heavy (non-hydrogen) atoms. The highest BCUT2D eigenvalue weighted by molar-refractivity contribution is 5.55. The number of aryl methyl sites for hydroxylation is 1. The second kappa shape index (κ2) is 17.4. The maximum Gasteiger partial charge on any atom is 0.159 e. The van der Waals surface area contributed by atoms with Crippen LogP contribution in [0.4, 0.5) is 8.78 Å². The number of ether oxygens (including phenoxy) is 1. The molecule has 0 aliphatic carbocycles. The Hall–Kier alpha value is -2.04. The van der Waals surface area contributed by atoms with Gasteiger partial charge in [0.1, 0.15) is 24.7 Å². The van der Waals surface area contributed by atoms with Gasteiger partial charge in [-0.1, -0.05) is 78.1 Å². The van der Waals surface area contributed by atoms with Gasteiger partial charge in [0.05, 0.1) is 0 Å². The molecule has 0 N–H and O–H groups in total. The predicted octanol–water partition coefficient (Wildman–Crippen LogP) is 8.85. The first-order chi connectivity index (χ1) is 16.6. The third-order valence-corrected chi connectivity index (χ3v) is 6.20. The highest BCUT2D eigenvalue weighted by atomic mass is 19.1. The van der Waals surface area contributed by atoms with Gasteiger partial charge in [-0.15, -0.1) is 0 Å². The number of halogens is 2. The zero-order valence-corrected chi connectivity index (χ0v) is 21.3. The lowest BCUT2D eigenvalue weighted by Gasteiger charge is -2.13. The molecule has 2 rings (SSSR count). The van der Waals surface area contributed by atoms with E-state index in [2.05, 4.69) is 16.9 Å². The quantitative estimate of drug-likeness (QED) is 0.191. The summed E-state index contributed by atoms with van der Waals surface area (Å²) in [5.74, 6) is 1.24. The van der Waals surface area contributed by atoms with Crippen LogP contribution in [0.2, 0.25) is 0 Å². The van der Waals surface area contributed by atoms with Gasteiger partial charge in [-0.2, -0.15) is 0 Å². The van der Waals surface area contributed by atoms with Crippen LogP contribution in [0.5, 0.6) is 5.75 Å². The summed E-state index contributed by atoms with van der Waals surface area (Å²) in [6, 6.07) is 7.31. The molecule has 1 heterocycles. The summed E-state index contributed by atoms with van der Waals surface area (Å²) in [6.45, 7) is 4.13. The van der Waals surface area contributed by atoms with Crippen LogP contribution in [0, 0.1) is 0 Å². The molecule has 0 aliphatic heterocycles. The van der Waals surface area contributed by atoms with Gasteiger partial charge in [0.15, 0.2) is 5.82 Å². The van der Waals surface area contributed by atoms with E-state index in [1.807, 2.05) is 31.5 Å². The van der Waals surface area contributed by atoms with Crippen molar-refractivity contribution in [2.24, 2.45) is 0 Å². The Balaban J connectivity index is 1.66. The van der Waals surface area contributed by atoms with Crippen LogP contribution in [0.1, 0.15) is 103 Å². The second-order valence-corrected chi connectivity index (χ2v) is 9.40. The van der Waals surface area contributed by atoms with Gasteiger partial charge in [-0.25, -0.2) is 18.7 Å². The van der Waals surface area contributed by atoms with Crippen LogP contribution in [-0.2, 0) is 6.42 Å². The van der Waals surface area contributed by atoms with Crippen molar-refractivity contribution in [3.05, 3.63) is 42.2 Å². The molecule has 0 saturated carbocycles. The molecule has 0 amide bonds. The Morgan fingerprint density at radius 1 is 0.735 bits per heavy atom. The summed E-state index contributed by atoms with van der Waals surface area (Å²) in [4.78, 5) is 9.03. The van der Waals surface area contributed by atoms with E-state index in [-0.39, 0.29) is 13.0 Å². The molecule has 2 unspecified atom stereocenters. The van der Waals surface area contributed by atoms with E-state index in [1.54, 1.807) is 12.1 Å². The minimum absolute atomic E-state index is 0.0999. The van der Waals surface area contributed by atoms with Crippen molar-refractivity contribution in [1.82, 2.24) is 9.97 Å². The number of alkyl halides is 2. The predicted molar refractivity (Wildman–Crippen MR) is 138 cm³/mol. The summed E-state index contributed by atoms with van der Waals surface area (Å²) < 4.78 is 33.2. The SMILES string of the molecule is CCCCCCCCCCCc1cnc(-c2ccc(OCC(F)CC(F)CCCC)cc2)nc1. The smallest absolute Gasteiger partial charge is 0.159 e. The third kappa shape index (κ3) is 11.9. The Labute approximate surface area is 205 Å². The third-order valence-electron chi connectivity index (χ3n) is 6.20. The molecule has 0 aliphatic rings. The van der Waals surface area contributed by atoms with Crippen LogP contribution in [0.3, 0.4) is 0 Å². The lowest BCUT2D eigenvalue weighted by Crippen LogP contribution is -2.18. The number of hydrogen-bond donors (Lipinski definition) is 0. The van der Waals surface area contributed by atoms with Gasteiger partial charge >= 0.3 is 0 Å². The largest absolute Gasteiger partial charge is 0.491 e. The molecule has 0 radical (unpaired) electrons. The molecule has 190 valence electrons. The topological polar surface area (TPSA) is 35.0 Å². The van der Waals surface area contributed by atoms with Gasteiger partial charge in [0.2, 0.25) is 0 Å². The maximum absolute atomic E-state index is 14.0. The van der Waals surface area contributed by atoms with Crippen molar-refractivity contribution in [2.75, 3.05) is 6.61 Å². The average molecular weight is 475 g/mol. The maximum atomic E-state index is 14.0. The van der Waals surface area contributed by atoms with Gasteiger partial charge in [-0.05, 0) is 49.1 Å². The summed E-state index contributed by atoms with van der Waals surface area (Å²) in [5.41, 5.74) is 2.06. The number of nitrogens with zero attached hydrogens (tertiary/aromatic N) is 2. The number of rotatable bonds is 19. The number of hydrogen-bond acceptors (Lipinski definition) is 3. The van der Waals surface area contributed by atoms with E-state index >= 15 is 0 Å². The van der Waals surface area contributed by atoms with E-state index in [0.29, 0.717) is 18.0 Å². The molecule has 0 fully saturated rings. The summed E-state index contributed by atoms with van der Waals surface area (Å²) in [7, 11) is 0. The van der Waals surface area contributed by atoms with Crippen LogP contribution in [0.25, 0.3) is 11.4 Å². The summed E-state index contributed by atoms with van der Waals surface area (Å²) in [6.07, 6.45) is 16.4. The Morgan fingerprint density at radius 2 is 1.32 bits per heavy atom.